The summed E-state index contributed by atoms with van der Waals surface area (Å²) in [6.45, 7) is 0. The summed E-state index contributed by atoms with van der Waals surface area (Å²) in [4.78, 5) is 3.23. The molecule has 0 atom stereocenters. The molecule has 23 heteroatoms. The summed E-state index contributed by atoms with van der Waals surface area (Å²) in [5.41, 5.74) is -2.63. The van der Waals surface area contributed by atoms with Crippen molar-refractivity contribution < 1.29 is 95.6 Å². The van der Waals surface area contributed by atoms with Crippen molar-refractivity contribution in [3.63, 3.8) is 0 Å². The minimum atomic E-state index is -5.40. The smallest absolute Gasteiger partial charge is 0.496 e. The van der Waals surface area contributed by atoms with E-state index in [0.29, 0.717) is 41.9 Å². The number of halogens is 12. The minimum Gasteiger partial charge on any atom is -0.496 e. The zero-order valence-electron chi connectivity index (χ0n) is 38.7. The van der Waals surface area contributed by atoms with Gasteiger partial charge in [-0.15, -0.1) is 0 Å². The molecule has 0 radical (unpaired) electrons. The van der Waals surface area contributed by atoms with Crippen LogP contribution in [-0.2, 0) is 55.2 Å². The van der Waals surface area contributed by atoms with Gasteiger partial charge in [-0.25, -0.2) is 0 Å². The van der Waals surface area contributed by atoms with Crippen molar-refractivity contribution in [2.75, 3.05) is 70.8 Å². The molecule has 8 nitrogen and oxygen atoms in total. The van der Waals surface area contributed by atoms with Gasteiger partial charge in [0.2, 0.25) is 0 Å². The van der Waals surface area contributed by atoms with E-state index in [4.69, 9.17) is 14.0 Å². The second-order valence-electron chi connectivity index (χ2n) is 15.4. The van der Waals surface area contributed by atoms with Crippen molar-refractivity contribution in [3.8, 4) is 33.8 Å². The number of anilines is 3. The van der Waals surface area contributed by atoms with E-state index in [1.54, 1.807) is 56.2 Å². The van der Waals surface area contributed by atoms with Crippen LogP contribution in [0.2, 0.25) is 0 Å². The molecule has 6 aromatic carbocycles. The van der Waals surface area contributed by atoms with Crippen LogP contribution in [0, 0.1) is 0 Å². The van der Waals surface area contributed by atoms with Gasteiger partial charge in [-0.1, -0.05) is 54.6 Å². The van der Waals surface area contributed by atoms with Crippen molar-refractivity contribution in [1.29, 1.82) is 0 Å². The van der Waals surface area contributed by atoms with Gasteiger partial charge in [0.05, 0.1) is 42.7 Å². The van der Waals surface area contributed by atoms with Gasteiger partial charge in [0, 0.05) is 74.3 Å². The molecule has 0 spiro atoms. The van der Waals surface area contributed by atoms with Crippen LogP contribution < -0.4 is 40.5 Å². The molecule has 0 heterocycles. The van der Waals surface area contributed by atoms with Gasteiger partial charge >= 0.3 is 45.1 Å². The summed E-state index contributed by atoms with van der Waals surface area (Å²) in [6, 6.07) is 27.0. The molecule has 0 aromatic heterocycles. The van der Waals surface area contributed by atoms with Gasteiger partial charge in [-0.3, -0.25) is 4.55 Å². The van der Waals surface area contributed by atoms with Crippen molar-refractivity contribution in [2.45, 2.75) is 24.7 Å². The van der Waals surface area contributed by atoms with Crippen LogP contribution in [0.15, 0.2) is 121 Å². The van der Waals surface area contributed by atoms with E-state index in [0.717, 1.165) is 7.11 Å². The first-order valence-corrected chi connectivity index (χ1v) is 23.4. The molecule has 0 aliphatic heterocycles. The van der Waals surface area contributed by atoms with Crippen LogP contribution in [-0.4, -0.2) is 68.7 Å². The Morgan fingerprint density at radius 3 is 1.25 bits per heavy atom. The van der Waals surface area contributed by atoms with Crippen molar-refractivity contribution in [3.05, 3.63) is 144 Å². The number of hydrogen-bond donors (Lipinski definition) is 2. The summed E-state index contributed by atoms with van der Waals surface area (Å²) in [5.74, 6) is -0.311. The zero-order chi connectivity index (χ0) is 52.7. The van der Waals surface area contributed by atoms with Crippen LogP contribution >= 0.6 is 7.92 Å². The maximum absolute atomic E-state index is 14.2. The predicted molar refractivity (Wildman–Crippen MR) is 251 cm³/mol. The van der Waals surface area contributed by atoms with Gasteiger partial charge in [0.25, 0.3) is 10.1 Å². The van der Waals surface area contributed by atoms with E-state index in [1.165, 1.54) is 36.1 Å². The van der Waals surface area contributed by atoms with Crippen molar-refractivity contribution in [1.82, 2.24) is 0 Å². The number of nitrogens with one attached hydrogen (secondary N) is 1. The third-order valence-corrected chi connectivity index (χ3v) is 12.4. The minimum absolute atomic E-state index is 0. The molecular weight excluding hydrogens is 1100 g/mol. The Morgan fingerprint density at radius 1 is 0.535 bits per heavy atom. The Labute approximate surface area is 417 Å². The molecule has 0 bridgehead atoms. The summed E-state index contributed by atoms with van der Waals surface area (Å²) in [6.07, 6.45) is -20.9. The quantitative estimate of drug-likeness (QED) is 0.0607. The van der Waals surface area contributed by atoms with Crippen molar-refractivity contribution >= 4 is 51.0 Å². The third-order valence-electron chi connectivity index (χ3n) is 9.94. The van der Waals surface area contributed by atoms with E-state index in [9.17, 15) is 61.1 Å². The SMILES string of the molecule is CNc1ccccc1-c1ccccc1.COc1ccc(OC)c(P(c2cc(C(F)(F)F)cc(C(F)(F)F)c2)c2cc(C(F)(F)F)cc(C(F)(F)F)c2)c1-c1c(N(C)C)cccc1N(C)C.CS(=O)(=O)O.[Pd+2]. The second-order valence-corrected chi connectivity index (χ2v) is 19.0. The van der Waals surface area contributed by atoms with Crippen molar-refractivity contribution in [2.24, 2.45) is 0 Å². The molecule has 0 fully saturated rings. The topological polar surface area (TPSA) is 91.3 Å². The van der Waals surface area contributed by atoms with Crippen LogP contribution in [0.25, 0.3) is 22.3 Å². The second kappa shape index (κ2) is 23.8. The molecule has 0 unspecified atom stereocenters. The Bertz CT molecular complexity index is 2690. The molecule has 0 aliphatic carbocycles. The average molecular weight is 1140 g/mol. The Morgan fingerprint density at radius 2 is 0.901 bits per heavy atom. The maximum atomic E-state index is 14.2. The van der Waals surface area contributed by atoms with Gasteiger partial charge in [-0.05, 0) is 90.8 Å². The number of alkyl halides is 12. The number of rotatable bonds is 10. The van der Waals surface area contributed by atoms with Crippen LogP contribution in [0.3, 0.4) is 0 Å². The fourth-order valence-electron chi connectivity index (χ4n) is 6.99. The molecule has 71 heavy (non-hydrogen) atoms. The van der Waals surface area contributed by atoms with E-state index in [1.807, 2.05) is 19.2 Å². The fourth-order valence-corrected chi connectivity index (χ4v) is 9.71. The maximum Gasteiger partial charge on any atom is 2.00 e. The number of hydrogen-bond acceptors (Lipinski definition) is 7. The van der Waals surface area contributed by atoms with Gasteiger partial charge in [0.15, 0.2) is 0 Å². The molecule has 0 aliphatic rings. The molecule has 0 amide bonds. The zero-order valence-corrected chi connectivity index (χ0v) is 42.0. The van der Waals surface area contributed by atoms with Crippen LogP contribution in [0.5, 0.6) is 11.5 Å². The van der Waals surface area contributed by atoms with Crippen LogP contribution in [0.1, 0.15) is 22.3 Å². The van der Waals surface area contributed by atoms with Gasteiger partial charge in [0.1, 0.15) is 11.5 Å². The standard InChI is InChI=1S/C34H29F12N2O2P.C13H13N.CH4O3S.Pd/c1-47(2)24-8-7-9-25(48(3)4)28(24)29-26(49-5)10-11-27(50-6)30(29)51(22-14-18(31(35,36)37)12-19(15-22)32(38,39)40)23-16-20(33(41,42)43)13-21(17-23)34(44,45)46;1-14-13-10-6-5-9-12(13)11-7-3-2-4-8-11;1-5(2,3)4;/h7-17H,1-6H3;2-10,14H,1H3;1H3,(H,2,3,4);/q;;;+2. The molecule has 386 valence electrons. The van der Waals surface area contributed by atoms with E-state index in [2.05, 4.69) is 47.8 Å². The van der Waals surface area contributed by atoms with Gasteiger partial charge < -0.3 is 24.6 Å². The summed E-state index contributed by atoms with van der Waals surface area (Å²) in [7, 11) is 3.86. The van der Waals surface area contributed by atoms with E-state index < -0.39 is 75.6 Å². The third kappa shape index (κ3) is 15.7. The number of benzene rings is 6. The molecular formula is C48H46F12N3O5PPdS+2. The first-order chi connectivity index (χ1) is 32.3. The van der Waals surface area contributed by atoms with E-state index in [-0.39, 0.29) is 60.5 Å². The normalized spacial score (nSPS) is 11.9. The molecule has 2 N–H and O–H groups in total. The van der Waals surface area contributed by atoms with Crippen LogP contribution in [0.4, 0.5) is 69.7 Å². The Hall–Kier alpha value is -5.52. The monoisotopic (exact) mass is 1140 g/mol. The summed E-state index contributed by atoms with van der Waals surface area (Å²) in [5, 5.41) is 1.17. The molecule has 6 aromatic rings. The predicted octanol–water partition coefficient (Wildman–Crippen LogP) is 12.2. The fraction of sp³-hybridized carbons (Fsp3) is 0.250. The first-order valence-electron chi connectivity index (χ1n) is 20.2. The first kappa shape index (κ1) is 59.8. The Balaban J connectivity index is 0.000000552. The number of para-hydroxylation sites is 1. The number of ether oxygens (including phenoxy) is 2. The molecule has 6 rings (SSSR count). The summed E-state index contributed by atoms with van der Waals surface area (Å²) < 4.78 is 208. The Kier molecular flexibility index (Phi) is 20.0. The van der Waals surface area contributed by atoms with Gasteiger partial charge in [-0.2, -0.15) is 61.1 Å². The molecule has 0 saturated heterocycles. The van der Waals surface area contributed by atoms with E-state index >= 15 is 0 Å². The summed E-state index contributed by atoms with van der Waals surface area (Å²) >= 11 is 0. The average Bonchev–Trinajstić information content (AvgIpc) is 3.27. The number of nitrogens with zero attached hydrogens (tertiary/aromatic N) is 2. The number of methoxy groups -OCH3 is 2. The molecule has 0 saturated carbocycles. The largest absolute Gasteiger partial charge is 2.00 e.